The number of rotatable bonds is 10. The van der Waals surface area contributed by atoms with Crippen molar-refractivity contribution in [1.29, 1.82) is 0 Å². The van der Waals surface area contributed by atoms with E-state index in [0.717, 1.165) is 12.2 Å². The minimum atomic E-state index is -5.21. The van der Waals surface area contributed by atoms with Crippen LogP contribution in [0.4, 0.5) is 27.5 Å². The molecule has 2 amide bonds. The van der Waals surface area contributed by atoms with Crippen molar-refractivity contribution in [2.45, 2.75) is 0 Å². The van der Waals surface area contributed by atoms with E-state index in [2.05, 4.69) is 31.7 Å². The molecule has 56 heavy (non-hydrogen) atoms. The van der Waals surface area contributed by atoms with Gasteiger partial charge in [0, 0.05) is 22.5 Å². The molecule has 0 saturated heterocycles. The minimum Gasteiger partial charge on any atom is -0.744 e. The second-order valence-corrected chi connectivity index (χ2v) is 14.0. The molecule has 17 nitrogen and oxygen atoms in total. The van der Waals surface area contributed by atoms with Crippen molar-refractivity contribution in [3.63, 3.8) is 0 Å². The van der Waals surface area contributed by atoms with Gasteiger partial charge in [0.05, 0.1) is 35.4 Å². The number of ketones is 2. The van der Waals surface area contributed by atoms with Gasteiger partial charge in [0.25, 0.3) is 0 Å². The first kappa shape index (κ1) is 44.7. The first-order chi connectivity index (χ1) is 25.7. The Hall–Kier alpha value is -4.03. The summed E-state index contributed by atoms with van der Waals surface area (Å²) in [7, 11) is -7.62. The number of hydrogen-bond acceptors (Lipinski definition) is 15. The average Bonchev–Trinajstić information content (AvgIpc) is 3.13. The molecule has 2 aliphatic carbocycles. The Labute approximate surface area is 384 Å². The topological polar surface area (TPSA) is 257 Å². The molecule has 276 valence electrons. The van der Waals surface area contributed by atoms with Crippen LogP contribution in [0.5, 0.6) is 11.5 Å². The van der Waals surface area contributed by atoms with E-state index in [1.54, 1.807) is 48.5 Å². The van der Waals surface area contributed by atoms with E-state index in [1.165, 1.54) is 50.6 Å². The second kappa shape index (κ2) is 18.5. The number of anilines is 4. The molecule has 4 aromatic carbocycles. The van der Waals surface area contributed by atoms with Crippen molar-refractivity contribution in [1.82, 2.24) is 0 Å². The van der Waals surface area contributed by atoms with Gasteiger partial charge in [0.15, 0.2) is 0 Å². The third-order valence-electron chi connectivity index (χ3n) is 7.91. The zero-order chi connectivity index (χ0) is 38.8. The fraction of sp³-hybridized carbons (Fsp3) is 0.0571. The van der Waals surface area contributed by atoms with Gasteiger partial charge >= 0.3 is 87.0 Å². The molecule has 21 heteroatoms. The van der Waals surface area contributed by atoms with Crippen molar-refractivity contribution in [2.24, 2.45) is 10.2 Å². The van der Waals surface area contributed by atoms with Gasteiger partial charge in [-0.25, -0.2) is 21.6 Å². The van der Waals surface area contributed by atoms with Crippen LogP contribution < -0.4 is 112 Å². The SMILES string of the molecule is COc1ccccc1N/N=C1\C(=O)c2ccc(NC(=O)Nc3ccc4c(c3)C=C(S(=O)(=O)[O-])/C(=N/Nc3ccccc3OC)C4=O)cc2C=C1S(=O)(=O)[O-].[K+].[Na+]. The van der Waals surface area contributed by atoms with Crippen LogP contribution in [0.15, 0.2) is 105 Å². The van der Waals surface area contributed by atoms with Crippen molar-refractivity contribution in [3.8, 4) is 11.5 Å². The van der Waals surface area contributed by atoms with Crippen LogP contribution >= 0.6 is 0 Å². The van der Waals surface area contributed by atoms with Gasteiger partial charge in [0.1, 0.15) is 43.2 Å². The number of methoxy groups -OCH3 is 2. The minimum absolute atomic E-state index is 0. The van der Waals surface area contributed by atoms with Crippen LogP contribution in [0, 0.1) is 0 Å². The molecule has 0 saturated carbocycles. The number of hydrazone groups is 2. The molecule has 6 rings (SSSR count). The van der Waals surface area contributed by atoms with Crippen molar-refractivity contribution < 1.29 is 131 Å². The van der Waals surface area contributed by atoms with Crippen LogP contribution in [0.3, 0.4) is 0 Å². The first-order valence-corrected chi connectivity index (χ1v) is 18.2. The zero-order valence-corrected chi connectivity index (χ0v) is 36.7. The van der Waals surface area contributed by atoms with Crippen LogP contribution in [-0.2, 0) is 20.2 Å². The number of amides is 2. The molecule has 0 fully saturated rings. The standard InChI is InChI=1S/C35H28N6O11S2.K.Na/c1-51-27-9-5-3-7-25(27)38-40-31-29(53(45,46)47)17-19-15-21(11-13-23(19)33(31)42)36-35(44)37-22-12-14-24-20(16-22)18-30(54(48,49)50)32(34(24)43)41-39-26-8-4-6-10-28(26)52-2;;/h3-18,38-39H,1-2H3,(H2,36,37,44)(H,45,46,47)(H,48,49,50);;/q;2*+1/p-2/b40-31-,41-32-;;. The first-order valence-electron chi connectivity index (χ1n) is 15.4. The fourth-order valence-electron chi connectivity index (χ4n) is 5.42. The average molecular weight is 833 g/mol. The number of para-hydroxylation sites is 4. The Bertz CT molecular complexity index is 2440. The van der Waals surface area contributed by atoms with Crippen LogP contribution in [0.1, 0.15) is 31.8 Å². The molecule has 0 aliphatic heterocycles. The summed E-state index contributed by atoms with van der Waals surface area (Å²) < 4.78 is 83.6. The van der Waals surface area contributed by atoms with E-state index >= 15 is 0 Å². The number of Topliss-reactive ketones (excluding diaryl/α,β-unsaturated/α-hetero) is 2. The van der Waals surface area contributed by atoms with E-state index in [1.807, 2.05) is 0 Å². The van der Waals surface area contributed by atoms with Gasteiger partial charge in [-0.15, -0.1) is 0 Å². The second-order valence-electron chi connectivity index (χ2n) is 11.3. The van der Waals surface area contributed by atoms with E-state index in [-0.39, 0.29) is 115 Å². The number of carbonyl (C=O) groups excluding carboxylic acids is 3. The summed E-state index contributed by atoms with van der Waals surface area (Å²) in [5.41, 5.74) is 4.57. The molecule has 0 radical (unpaired) electrons. The summed E-state index contributed by atoms with van der Waals surface area (Å²) in [6.45, 7) is 0. The molecule has 0 spiro atoms. The summed E-state index contributed by atoms with van der Waals surface area (Å²) in [4.78, 5) is 37.9. The summed E-state index contributed by atoms with van der Waals surface area (Å²) in [6, 6.07) is 20.0. The van der Waals surface area contributed by atoms with Crippen molar-refractivity contribution in [3.05, 3.63) is 117 Å². The molecule has 2 aliphatic rings. The number of nitrogens with zero attached hydrogens (tertiary/aromatic N) is 2. The van der Waals surface area contributed by atoms with Crippen LogP contribution in [-0.4, -0.2) is 69.2 Å². The summed E-state index contributed by atoms with van der Waals surface area (Å²) >= 11 is 0. The van der Waals surface area contributed by atoms with Gasteiger partial charge in [-0.2, -0.15) is 10.2 Å². The number of benzene rings is 4. The van der Waals surface area contributed by atoms with Crippen LogP contribution in [0.2, 0.25) is 0 Å². The maximum absolute atomic E-state index is 13.4. The van der Waals surface area contributed by atoms with Gasteiger partial charge in [-0.05, 0) is 83.9 Å². The predicted molar refractivity (Wildman–Crippen MR) is 198 cm³/mol. The zero-order valence-electron chi connectivity index (χ0n) is 29.9. The molecular formula is C35H26KN6NaO11S2. The van der Waals surface area contributed by atoms with Gasteiger partial charge < -0.3 is 29.2 Å². The molecule has 0 bridgehead atoms. The van der Waals surface area contributed by atoms with E-state index in [4.69, 9.17) is 9.47 Å². The number of ether oxygens (including phenoxy) is 2. The van der Waals surface area contributed by atoms with Crippen molar-refractivity contribution in [2.75, 3.05) is 35.7 Å². The number of fused-ring (bicyclic) bond motifs is 2. The molecule has 0 aromatic heterocycles. The Morgan fingerprint density at radius 2 is 1.00 bits per heavy atom. The summed E-state index contributed by atoms with van der Waals surface area (Å²) in [6.07, 6.45) is 1.92. The molecule has 0 unspecified atom stereocenters. The van der Waals surface area contributed by atoms with Crippen molar-refractivity contribution >= 4 is 84.2 Å². The monoisotopic (exact) mass is 832 g/mol. The van der Waals surface area contributed by atoms with Crippen LogP contribution in [0.25, 0.3) is 12.2 Å². The largest absolute Gasteiger partial charge is 1.00 e. The fourth-order valence-corrected chi connectivity index (χ4v) is 6.72. The predicted octanol–water partition coefficient (Wildman–Crippen LogP) is -1.54. The Balaban J connectivity index is 0.00000348. The Kier molecular flexibility index (Phi) is 14.7. The molecule has 4 N–H and O–H groups in total. The smallest absolute Gasteiger partial charge is 0.744 e. The van der Waals surface area contributed by atoms with E-state index in [0.29, 0.717) is 22.9 Å². The Morgan fingerprint density at radius 3 is 1.36 bits per heavy atom. The summed E-state index contributed by atoms with van der Waals surface area (Å²) in [5, 5.41) is 12.8. The van der Waals surface area contributed by atoms with Gasteiger partial charge in [0.2, 0.25) is 11.6 Å². The number of nitrogens with one attached hydrogen (secondary N) is 4. The Morgan fingerprint density at radius 1 is 0.625 bits per heavy atom. The third kappa shape index (κ3) is 9.91. The van der Waals surface area contributed by atoms with E-state index in [9.17, 15) is 40.3 Å². The molecule has 4 aromatic rings. The number of urea groups is 1. The quantitative estimate of drug-likeness (QED) is 0.0804. The maximum Gasteiger partial charge on any atom is 1.00 e. The third-order valence-corrected chi connectivity index (χ3v) is 9.61. The maximum atomic E-state index is 13.4. The number of hydrogen-bond donors (Lipinski definition) is 4. The normalized spacial score (nSPS) is 14.9. The summed E-state index contributed by atoms with van der Waals surface area (Å²) in [5.74, 6) is -1.07. The molecule has 0 heterocycles. The number of carbonyl (C=O) groups is 3. The molecular weight excluding hydrogens is 807 g/mol. The van der Waals surface area contributed by atoms with Gasteiger partial charge in [-0.1, -0.05) is 24.3 Å². The molecule has 0 atom stereocenters. The van der Waals surface area contributed by atoms with Gasteiger partial charge in [-0.3, -0.25) is 20.4 Å². The number of allylic oxidation sites excluding steroid dienone is 2. The van der Waals surface area contributed by atoms with E-state index < -0.39 is 59.1 Å².